The zero-order chi connectivity index (χ0) is 21.4. The Morgan fingerprint density at radius 1 is 1.20 bits per heavy atom. The molecule has 30 heavy (non-hydrogen) atoms. The van der Waals surface area contributed by atoms with Gasteiger partial charge in [0.1, 0.15) is 17.5 Å². The maximum atomic E-state index is 14.4. The molecule has 1 aliphatic rings. The second kappa shape index (κ2) is 8.02. The van der Waals surface area contributed by atoms with Gasteiger partial charge in [-0.05, 0) is 24.1 Å². The van der Waals surface area contributed by atoms with Gasteiger partial charge in [0.25, 0.3) is 5.56 Å². The van der Waals surface area contributed by atoms with Crippen LogP contribution in [0.2, 0.25) is 0 Å². The molecule has 0 bridgehead atoms. The Bertz CT molecular complexity index is 1210. The number of carbonyl (C=O) groups is 1. The Kier molecular flexibility index (Phi) is 5.42. The quantitative estimate of drug-likeness (QED) is 0.502. The van der Waals surface area contributed by atoms with Gasteiger partial charge in [-0.3, -0.25) is 9.59 Å². The molecule has 8 heteroatoms. The summed E-state index contributed by atoms with van der Waals surface area (Å²) in [6.07, 6.45) is -0.109. The third-order valence-electron chi connectivity index (χ3n) is 5.09. The van der Waals surface area contributed by atoms with E-state index in [1.165, 1.54) is 17.8 Å². The van der Waals surface area contributed by atoms with E-state index in [1.807, 2.05) is 25.1 Å². The first-order valence-corrected chi connectivity index (χ1v) is 10.4. The highest BCUT2D eigenvalue weighted by Crippen LogP contribution is 2.37. The number of nitrogens with one attached hydrogen (secondary N) is 1. The monoisotopic (exact) mass is 427 g/mol. The number of rotatable bonds is 4. The smallest absolute Gasteiger partial charge is 0.279 e. The summed E-state index contributed by atoms with van der Waals surface area (Å²) in [6.45, 7) is 2.01. The first kappa shape index (κ1) is 20.3. The number of aromatic nitrogens is 2. The summed E-state index contributed by atoms with van der Waals surface area (Å²) < 4.78 is 29.4. The van der Waals surface area contributed by atoms with Crippen LogP contribution in [0.1, 0.15) is 34.6 Å². The van der Waals surface area contributed by atoms with Crippen LogP contribution in [0.25, 0.3) is 0 Å². The summed E-state index contributed by atoms with van der Waals surface area (Å²) in [6, 6.07) is 11.2. The minimum absolute atomic E-state index is 0.103. The van der Waals surface area contributed by atoms with Gasteiger partial charge in [-0.15, -0.1) is 0 Å². The van der Waals surface area contributed by atoms with Crippen LogP contribution in [0.5, 0.6) is 0 Å². The lowest BCUT2D eigenvalue weighted by molar-refractivity contribution is -0.116. The van der Waals surface area contributed by atoms with E-state index in [9.17, 15) is 18.4 Å². The van der Waals surface area contributed by atoms with Gasteiger partial charge in [0, 0.05) is 31.2 Å². The maximum Gasteiger partial charge on any atom is 0.279 e. The number of hydrogen-bond acceptors (Lipinski definition) is 4. The van der Waals surface area contributed by atoms with Gasteiger partial charge >= 0.3 is 0 Å². The zero-order valence-corrected chi connectivity index (χ0v) is 17.2. The van der Waals surface area contributed by atoms with Crippen LogP contribution in [0.15, 0.2) is 52.4 Å². The molecule has 2 heterocycles. The van der Waals surface area contributed by atoms with Crippen LogP contribution >= 0.6 is 11.8 Å². The van der Waals surface area contributed by atoms with Crippen LogP contribution in [0, 0.1) is 18.6 Å². The second-order valence-corrected chi connectivity index (χ2v) is 8.21. The summed E-state index contributed by atoms with van der Waals surface area (Å²) in [5.41, 5.74) is 2.01. The molecule has 0 radical (unpaired) electrons. The third kappa shape index (κ3) is 3.87. The maximum absolute atomic E-state index is 14.4. The molecule has 154 valence electrons. The average Bonchev–Trinajstić information content (AvgIpc) is 2.69. The van der Waals surface area contributed by atoms with Crippen molar-refractivity contribution in [2.45, 2.75) is 30.2 Å². The number of thioether (sulfide) groups is 1. The predicted octanol–water partition coefficient (Wildman–Crippen LogP) is 4.13. The largest absolute Gasteiger partial charge is 0.312 e. The van der Waals surface area contributed by atoms with Crippen molar-refractivity contribution in [3.8, 4) is 0 Å². The fourth-order valence-corrected chi connectivity index (χ4v) is 4.57. The number of anilines is 1. The summed E-state index contributed by atoms with van der Waals surface area (Å²) in [4.78, 5) is 29.4. The number of amides is 1. The minimum Gasteiger partial charge on any atom is -0.312 e. The van der Waals surface area contributed by atoms with E-state index in [0.717, 1.165) is 23.3 Å². The standard InChI is InChI=1S/C22H19F2N3O2S/c1-12-4-3-5-13(8-12)11-30-22-26-21(29)19-16(10-18(28)25-20(19)27(22)2)15-7-6-14(23)9-17(15)24/h3-9,16H,10-11H2,1-2H3,(H,25,28)/t16-/m1/s1. The molecular weight excluding hydrogens is 408 g/mol. The highest BCUT2D eigenvalue weighted by atomic mass is 32.2. The van der Waals surface area contributed by atoms with Crippen molar-refractivity contribution in [2.24, 2.45) is 7.05 Å². The van der Waals surface area contributed by atoms with E-state index in [2.05, 4.69) is 16.4 Å². The van der Waals surface area contributed by atoms with E-state index < -0.39 is 23.1 Å². The molecule has 3 aromatic rings. The highest BCUT2D eigenvalue weighted by molar-refractivity contribution is 7.98. The Morgan fingerprint density at radius 3 is 2.73 bits per heavy atom. The normalized spacial score (nSPS) is 15.6. The molecule has 2 aromatic carbocycles. The van der Waals surface area contributed by atoms with Crippen molar-refractivity contribution in [1.29, 1.82) is 0 Å². The van der Waals surface area contributed by atoms with Crippen molar-refractivity contribution in [3.05, 3.63) is 86.7 Å². The second-order valence-electron chi connectivity index (χ2n) is 7.27. The lowest BCUT2D eigenvalue weighted by Gasteiger charge is -2.27. The lowest BCUT2D eigenvalue weighted by atomic mass is 9.86. The van der Waals surface area contributed by atoms with Crippen molar-refractivity contribution in [3.63, 3.8) is 0 Å². The van der Waals surface area contributed by atoms with Crippen LogP contribution in [-0.2, 0) is 17.6 Å². The number of halogens is 2. The number of benzene rings is 2. The van der Waals surface area contributed by atoms with Crippen LogP contribution in [0.3, 0.4) is 0 Å². The molecule has 0 fully saturated rings. The van der Waals surface area contributed by atoms with E-state index in [-0.39, 0.29) is 23.5 Å². The molecule has 1 N–H and O–H groups in total. The van der Waals surface area contributed by atoms with Gasteiger partial charge in [-0.25, -0.2) is 8.78 Å². The van der Waals surface area contributed by atoms with Crippen LogP contribution in [0.4, 0.5) is 14.6 Å². The Labute approximate surface area is 176 Å². The summed E-state index contributed by atoms with van der Waals surface area (Å²) in [5.74, 6) is -1.77. The number of carbonyl (C=O) groups excluding carboxylic acids is 1. The van der Waals surface area contributed by atoms with E-state index >= 15 is 0 Å². The van der Waals surface area contributed by atoms with E-state index in [1.54, 1.807) is 11.6 Å². The number of fused-ring (bicyclic) bond motifs is 1. The average molecular weight is 427 g/mol. The molecule has 0 spiro atoms. The first-order valence-electron chi connectivity index (χ1n) is 9.37. The highest BCUT2D eigenvalue weighted by Gasteiger charge is 2.33. The molecule has 5 nitrogen and oxygen atoms in total. The Balaban J connectivity index is 1.74. The molecule has 0 aliphatic carbocycles. The fraction of sp³-hybridized carbons (Fsp3) is 0.227. The van der Waals surface area contributed by atoms with Crippen molar-refractivity contribution in [2.75, 3.05) is 5.32 Å². The first-order chi connectivity index (χ1) is 14.3. The SMILES string of the molecule is Cc1cccc(CSc2nc(=O)c3c(n2C)NC(=O)C[C@@H]3c2ccc(F)cc2F)c1. The van der Waals surface area contributed by atoms with Gasteiger partial charge in [0.2, 0.25) is 5.91 Å². The summed E-state index contributed by atoms with van der Waals surface area (Å²) >= 11 is 1.38. The van der Waals surface area contributed by atoms with Gasteiger partial charge in [-0.1, -0.05) is 47.7 Å². The number of nitrogens with zero attached hydrogens (tertiary/aromatic N) is 2. The molecular formula is C22H19F2N3O2S. The van der Waals surface area contributed by atoms with Crippen LogP contribution < -0.4 is 10.9 Å². The Morgan fingerprint density at radius 2 is 2.00 bits per heavy atom. The van der Waals surface area contributed by atoms with E-state index in [4.69, 9.17) is 0 Å². The topological polar surface area (TPSA) is 64.0 Å². The van der Waals surface area contributed by atoms with Crippen molar-refractivity contribution in [1.82, 2.24) is 9.55 Å². The fourth-order valence-electron chi connectivity index (χ4n) is 3.66. The minimum atomic E-state index is -0.823. The van der Waals surface area contributed by atoms with Crippen molar-refractivity contribution >= 4 is 23.5 Å². The lowest BCUT2D eigenvalue weighted by Crippen LogP contribution is -2.33. The zero-order valence-electron chi connectivity index (χ0n) is 16.4. The molecule has 1 amide bonds. The van der Waals surface area contributed by atoms with Crippen LogP contribution in [-0.4, -0.2) is 15.5 Å². The molecule has 0 saturated heterocycles. The molecule has 0 saturated carbocycles. The summed E-state index contributed by atoms with van der Waals surface area (Å²) in [5, 5.41) is 3.17. The van der Waals surface area contributed by atoms with Crippen molar-refractivity contribution < 1.29 is 13.6 Å². The van der Waals surface area contributed by atoms with Gasteiger partial charge < -0.3 is 9.88 Å². The Hall–Kier alpha value is -3.00. The molecule has 4 rings (SSSR count). The molecule has 1 atom stereocenters. The molecule has 1 aromatic heterocycles. The number of hydrogen-bond donors (Lipinski definition) is 1. The van der Waals surface area contributed by atoms with Gasteiger partial charge in [-0.2, -0.15) is 4.98 Å². The third-order valence-corrected chi connectivity index (χ3v) is 6.19. The summed E-state index contributed by atoms with van der Waals surface area (Å²) in [7, 11) is 1.70. The molecule has 1 aliphatic heterocycles. The number of aryl methyl sites for hydroxylation is 1. The predicted molar refractivity (Wildman–Crippen MR) is 112 cm³/mol. The van der Waals surface area contributed by atoms with Gasteiger partial charge in [0.05, 0.1) is 5.56 Å². The molecule has 0 unspecified atom stereocenters. The van der Waals surface area contributed by atoms with E-state index in [0.29, 0.717) is 16.7 Å². The van der Waals surface area contributed by atoms with Gasteiger partial charge in [0.15, 0.2) is 5.16 Å².